The first kappa shape index (κ1) is 14.5. The molecular formula is C13H20N4O3. The lowest BCUT2D eigenvalue weighted by Crippen LogP contribution is -2.46. The van der Waals surface area contributed by atoms with E-state index in [9.17, 15) is 4.79 Å². The number of nitrogens with two attached hydrogens (primary N) is 1. The number of hydrogen-bond acceptors (Lipinski definition) is 6. The average Bonchev–Trinajstić information content (AvgIpc) is 2.38. The van der Waals surface area contributed by atoms with E-state index >= 15 is 0 Å². The van der Waals surface area contributed by atoms with Gasteiger partial charge in [0.25, 0.3) is 0 Å². The van der Waals surface area contributed by atoms with Gasteiger partial charge in [-0.2, -0.15) is 0 Å². The first-order chi connectivity index (χ1) is 9.37. The van der Waals surface area contributed by atoms with Crippen LogP contribution in [0.3, 0.4) is 0 Å². The fourth-order valence-corrected chi connectivity index (χ4v) is 1.88. The molecule has 2 heterocycles. The van der Waals surface area contributed by atoms with E-state index in [2.05, 4.69) is 9.97 Å². The summed E-state index contributed by atoms with van der Waals surface area (Å²) in [6, 6.07) is -0.348. The number of hydrogen-bond donors (Lipinski definition) is 1. The molecule has 1 unspecified atom stereocenters. The summed E-state index contributed by atoms with van der Waals surface area (Å²) in [5.41, 5.74) is 5.51. The van der Waals surface area contributed by atoms with Crippen LogP contribution in [0.4, 0.5) is 10.5 Å². The number of rotatable bonds is 1. The lowest BCUT2D eigenvalue weighted by atomic mass is 10.2. The van der Waals surface area contributed by atoms with Crippen LogP contribution in [-0.2, 0) is 9.47 Å². The summed E-state index contributed by atoms with van der Waals surface area (Å²) in [5.74, 6) is 0.504. The minimum atomic E-state index is -0.540. The first-order valence-corrected chi connectivity index (χ1v) is 6.51. The molecule has 1 aliphatic heterocycles. The van der Waals surface area contributed by atoms with Gasteiger partial charge in [-0.1, -0.05) is 0 Å². The van der Waals surface area contributed by atoms with Crippen molar-refractivity contribution < 1.29 is 14.3 Å². The third-order valence-corrected chi connectivity index (χ3v) is 2.75. The molecule has 1 aromatic heterocycles. The molecule has 0 radical (unpaired) electrons. The van der Waals surface area contributed by atoms with Crippen molar-refractivity contribution >= 4 is 11.8 Å². The van der Waals surface area contributed by atoms with E-state index < -0.39 is 5.60 Å². The van der Waals surface area contributed by atoms with Gasteiger partial charge in [-0.15, -0.1) is 0 Å². The van der Waals surface area contributed by atoms with Gasteiger partial charge in [0, 0.05) is 6.54 Å². The van der Waals surface area contributed by atoms with Gasteiger partial charge in [-0.25, -0.2) is 14.8 Å². The monoisotopic (exact) mass is 280 g/mol. The third kappa shape index (κ3) is 3.57. The molecule has 0 spiro atoms. The second kappa shape index (κ2) is 5.62. The fourth-order valence-electron chi connectivity index (χ4n) is 1.88. The summed E-state index contributed by atoms with van der Waals surface area (Å²) in [7, 11) is 0. The van der Waals surface area contributed by atoms with Gasteiger partial charge in [0.05, 0.1) is 31.3 Å². The van der Waals surface area contributed by atoms with Crippen molar-refractivity contribution in [2.75, 3.05) is 25.5 Å². The Bertz CT molecular complexity index is 469. The SMILES string of the molecule is CC(C)(C)OC(=O)N1CCOCC1c1ncc(N)cn1. The van der Waals surface area contributed by atoms with Crippen LogP contribution in [0, 0.1) is 0 Å². The van der Waals surface area contributed by atoms with Crippen LogP contribution in [0.1, 0.15) is 32.6 Å². The van der Waals surface area contributed by atoms with Crippen LogP contribution >= 0.6 is 0 Å². The minimum absolute atomic E-state index is 0.348. The minimum Gasteiger partial charge on any atom is -0.444 e. The van der Waals surface area contributed by atoms with Crippen molar-refractivity contribution in [1.82, 2.24) is 14.9 Å². The molecule has 110 valence electrons. The molecule has 1 aliphatic rings. The Morgan fingerprint density at radius 2 is 2.10 bits per heavy atom. The van der Waals surface area contributed by atoms with Crippen LogP contribution in [0.5, 0.6) is 0 Å². The number of ether oxygens (including phenoxy) is 2. The van der Waals surface area contributed by atoms with Gasteiger partial charge in [-0.05, 0) is 20.8 Å². The summed E-state index contributed by atoms with van der Waals surface area (Å²) in [6.07, 6.45) is 2.65. The Hall–Kier alpha value is -1.89. The zero-order valence-corrected chi connectivity index (χ0v) is 12.0. The van der Waals surface area contributed by atoms with E-state index in [0.717, 1.165) is 0 Å². The van der Waals surface area contributed by atoms with Gasteiger partial charge in [0.15, 0.2) is 5.82 Å². The number of nitrogen functional groups attached to an aromatic ring is 1. The predicted molar refractivity (Wildman–Crippen MR) is 72.9 cm³/mol. The van der Waals surface area contributed by atoms with E-state index in [1.165, 1.54) is 12.4 Å². The van der Waals surface area contributed by atoms with E-state index in [0.29, 0.717) is 31.3 Å². The van der Waals surface area contributed by atoms with Gasteiger partial charge in [0.2, 0.25) is 0 Å². The maximum Gasteiger partial charge on any atom is 0.411 e. The number of amides is 1. The average molecular weight is 280 g/mol. The van der Waals surface area contributed by atoms with Crippen molar-refractivity contribution in [3.8, 4) is 0 Å². The van der Waals surface area contributed by atoms with Gasteiger partial charge >= 0.3 is 6.09 Å². The van der Waals surface area contributed by atoms with E-state index in [1.54, 1.807) is 4.90 Å². The number of anilines is 1. The molecule has 7 heteroatoms. The molecule has 7 nitrogen and oxygen atoms in total. The fraction of sp³-hybridized carbons (Fsp3) is 0.615. The first-order valence-electron chi connectivity index (χ1n) is 6.51. The smallest absolute Gasteiger partial charge is 0.411 e. The molecular weight excluding hydrogens is 260 g/mol. The molecule has 1 atom stereocenters. The Labute approximate surface area is 118 Å². The van der Waals surface area contributed by atoms with Gasteiger partial charge in [0.1, 0.15) is 11.6 Å². The Morgan fingerprint density at radius 3 is 2.70 bits per heavy atom. The number of carbonyl (C=O) groups excluding carboxylic acids is 1. The second-order valence-electron chi connectivity index (χ2n) is 5.64. The summed E-state index contributed by atoms with van der Waals surface area (Å²) in [5, 5.41) is 0. The molecule has 0 aliphatic carbocycles. The van der Waals surface area contributed by atoms with Crippen molar-refractivity contribution in [2.24, 2.45) is 0 Å². The van der Waals surface area contributed by atoms with Crippen LogP contribution in [-0.4, -0.2) is 46.3 Å². The number of morpholine rings is 1. The summed E-state index contributed by atoms with van der Waals surface area (Å²) < 4.78 is 10.8. The van der Waals surface area contributed by atoms with Gasteiger partial charge < -0.3 is 15.2 Å². The Kier molecular flexibility index (Phi) is 4.08. The topological polar surface area (TPSA) is 90.6 Å². The Balaban J connectivity index is 2.16. The standard InChI is InChI=1S/C13H20N4O3/c1-13(2,3)20-12(18)17-4-5-19-8-10(17)11-15-6-9(14)7-16-11/h6-7,10H,4-5,8,14H2,1-3H3. The molecule has 2 N–H and O–H groups in total. The number of aromatic nitrogens is 2. The molecule has 20 heavy (non-hydrogen) atoms. The zero-order chi connectivity index (χ0) is 14.8. The molecule has 0 saturated carbocycles. The molecule has 2 rings (SSSR count). The number of carbonyl (C=O) groups is 1. The molecule has 1 saturated heterocycles. The van der Waals surface area contributed by atoms with Crippen molar-refractivity contribution in [1.29, 1.82) is 0 Å². The lowest BCUT2D eigenvalue weighted by Gasteiger charge is -2.35. The van der Waals surface area contributed by atoms with E-state index in [4.69, 9.17) is 15.2 Å². The molecule has 0 aromatic carbocycles. The second-order valence-corrected chi connectivity index (χ2v) is 5.64. The predicted octanol–water partition coefficient (Wildman–Crippen LogP) is 1.37. The van der Waals surface area contributed by atoms with Crippen LogP contribution in [0.15, 0.2) is 12.4 Å². The van der Waals surface area contributed by atoms with E-state index in [-0.39, 0.29) is 12.1 Å². The van der Waals surface area contributed by atoms with Crippen molar-refractivity contribution in [2.45, 2.75) is 32.4 Å². The highest BCUT2D eigenvalue weighted by Crippen LogP contribution is 2.23. The van der Waals surface area contributed by atoms with E-state index in [1.807, 2.05) is 20.8 Å². The molecule has 1 aromatic rings. The number of nitrogens with zero attached hydrogens (tertiary/aromatic N) is 3. The van der Waals surface area contributed by atoms with Crippen LogP contribution < -0.4 is 5.73 Å². The molecule has 0 bridgehead atoms. The normalized spacial score (nSPS) is 19.8. The van der Waals surface area contributed by atoms with Crippen molar-refractivity contribution in [3.63, 3.8) is 0 Å². The van der Waals surface area contributed by atoms with Gasteiger partial charge in [-0.3, -0.25) is 4.90 Å². The largest absolute Gasteiger partial charge is 0.444 e. The highest BCUT2D eigenvalue weighted by molar-refractivity contribution is 5.68. The van der Waals surface area contributed by atoms with Crippen molar-refractivity contribution in [3.05, 3.63) is 18.2 Å². The summed E-state index contributed by atoms with van der Waals surface area (Å²) in [4.78, 5) is 22.2. The zero-order valence-electron chi connectivity index (χ0n) is 12.0. The third-order valence-electron chi connectivity index (χ3n) is 2.75. The molecule has 1 amide bonds. The molecule has 1 fully saturated rings. The Morgan fingerprint density at radius 1 is 1.45 bits per heavy atom. The highest BCUT2D eigenvalue weighted by Gasteiger charge is 2.33. The van der Waals surface area contributed by atoms with Crippen LogP contribution in [0.25, 0.3) is 0 Å². The van der Waals surface area contributed by atoms with Crippen LogP contribution in [0.2, 0.25) is 0 Å². The maximum atomic E-state index is 12.2. The summed E-state index contributed by atoms with van der Waals surface area (Å²) >= 11 is 0. The maximum absolute atomic E-state index is 12.2. The summed E-state index contributed by atoms with van der Waals surface area (Å²) in [6.45, 7) is 6.78. The quantitative estimate of drug-likeness (QED) is 0.835. The highest BCUT2D eigenvalue weighted by atomic mass is 16.6. The lowest BCUT2D eigenvalue weighted by molar-refractivity contribution is -0.0351.